The zero-order chi connectivity index (χ0) is 21.4. The molecule has 0 heterocycles. The highest BCUT2D eigenvalue weighted by molar-refractivity contribution is 5.96. The third-order valence-electron chi connectivity index (χ3n) is 4.10. The van der Waals surface area contributed by atoms with Crippen molar-refractivity contribution in [3.05, 3.63) is 35.4 Å². The normalized spacial score (nSPS) is 12.7. The SMILES string of the molecule is COC(=O)C(C(=O)OC)[C@H](C)[C@H](NC(=O)Cc1ccc(F)cc1F)C(=O)OC. The maximum absolute atomic E-state index is 13.7. The van der Waals surface area contributed by atoms with Crippen molar-refractivity contribution in [1.82, 2.24) is 5.32 Å². The van der Waals surface area contributed by atoms with Gasteiger partial charge in [-0.2, -0.15) is 0 Å². The fraction of sp³-hybridized carbons (Fsp3) is 0.444. The van der Waals surface area contributed by atoms with Crippen molar-refractivity contribution in [3.63, 3.8) is 0 Å². The number of esters is 3. The largest absolute Gasteiger partial charge is 0.468 e. The first kappa shape index (κ1) is 23.0. The third kappa shape index (κ3) is 5.73. The lowest BCUT2D eigenvalue weighted by Gasteiger charge is -2.27. The molecule has 0 spiro atoms. The Morgan fingerprint density at radius 1 is 0.964 bits per heavy atom. The van der Waals surface area contributed by atoms with Gasteiger partial charge in [-0.1, -0.05) is 13.0 Å². The van der Waals surface area contributed by atoms with E-state index in [1.54, 1.807) is 0 Å². The zero-order valence-electron chi connectivity index (χ0n) is 15.8. The molecule has 0 saturated carbocycles. The fourth-order valence-electron chi connectivity index (χ4n) is 2.57. The first-order chi connectivity index (χ1) is 13.2. The molecule has 0 aromatic heterocycles. The lowest BCUT2D eigenvalue weighted by atomic mass is 9.87. The summed E-state index contributed by atoms with van der Waals surface area (Å²) >= 11 is 0. The van der Waals surface area contributed by atoms with Gasteiger partial charge >= 0.3 is 17.9 Å². The maximum Gasteiger partial charge on any atom is 0.328 e. The molecule has 0 bridgehead atoms. The summed E-state index contributed by atoms with van der Waals surface area (Å²) in [6, 6.07) is 1.26. The van der Waals surface area contributed by atoms with Crippen LogP contribution in [0.25, 0.3) is 0 Å². The Kier molecular flexibility index (Phi) is 8.49. The van der Waals surface area contributed by atoms with Gasteiger partial charge in [-0.15, -0.1) is 0 Å². The topological polar surface area (TPSA) is 108 Å². The molecule has 154 valence electrons. The molecule has 0 fully saturated rings. The van der Waals surface area contributed by atoms with Crippen LogP contribution in [0.1, 0.15) is 12.5 Å². The Balaban J connectivity index is 3.06. The highest BCUT2D eigenvalue weighted by Gasteiger charge is 2.42. The van der Waals surface area contributed by atoms with Crippen molar-refractivity contribution in [1.29, 1.82) is 0 Å². The van der Waals surface area contributed by atoms with Crippen LogP contribution in [0.5, 0.6) is 0 Å². The Hall–Kier alpha value is -3.04. The second-order valence-corrected chi connectivity index (χ2v) is 5.86. The predicted octanol–water partition coefficient (Wildman–Crippen LogP) is 0.763. The summed E-state index contributed by atoms with van der Waals surface area (Å²) in [5.74, 6) is -8.02. The molecule has 1 aromatic rings. The van der Waals surface area contributed by atoms with Crippen molar-refractivity contribution in [2.45, 2.75) is 19.4 Å². The summed E-state index contributed by atoms with van der Waals surface area (Å²) in [5.41, 5.74) is -0.104. The Morgan fingerprint density at radius 3 is 1.96 bits per heavy atom. The number of carbonyl (C=O) groups excluding carboxylic acids is 4. The number of hydrogen-bond acceptors (Lipinski definition) is 7. The molecular weight excluding hydrogens is 380 g/mol. The van der Waals surface area contributed by atoms with Crippen molar-refractivity contribution in [2.75, 3.05) is 21.3 Å². The second kappa shape index (κ2) is 10.3. The van der Waals surface area contributed by atoms with Crippen molar-refractivity contribution < 1.29 is 42.2 Å². The molecular formula is C18H21F2NO7. The van der Waals surface area contributed by atoms with Gasteiger partial charge in [0.1, 0.15) is 17.7 Å². The number of nitrogens with one attached hydrogen (secondary N) is 1. The molecule has 8 nitrogen and oxygen atoms in total. The predicted molar refractivity (Wildman–Crippen MR) is 90.7 cm³/mol. The summed E-state index contributed by atoms with van der Waals surface area (Å²) in [4.78, 5) is 48.3. The number of methoxy groups -OCH3 is 3. The molecule has 0 aliphatic carbocycles. The maximum atomic E-state index is 13.7. The molecule has 2 atom stereocenters. The summed E-state index contributed by atoms with van der Waals surface area (Å²) < 4.78 is 40.4. The van der Waals surface area contributed by atoms with Gasteiger partial charge in [0.2, 0.25) is 5.91 Å². The fourth-order valence-corrected chi connectivity index (χ4v) is 2.57. The quantitative estimate of drug-likeness (QED) is 0.389. The molecule has 0 aliphatic rings. The molecule has 1 N–H and O–H groups in total. The van der Waals surface area contributed by atoms with Crippen molar-refractivity contribution in [2.24, 2.45) is 11.8 Å². The summed E-state index contributed by atoms with van der Waals surface area (Å²) in [6.45, 7) is 1.35. The molecule has 28 heavy (non-hydrogen) atoms. The molecule has 10 heteroatoms. The van der Waals surface area contributed by atoms with Crippen LogP contribution < -0.4 is 5.32 Å². The van der Waals surface area contributed by atoms with Gasteiger partial charge in [0, 0.05) is 12.0 Å². The Bertz CT molecular complexity index is 737. The summed E-state index contributed by atoms with van der Waals surface area (Å²) in [7, 11) is 3.15. The Labute approximate surface area is 160 Å². The molecule has 1 rings (SSSR count). The minimum atomic E-state index is -1.51. The zero-order valence-corrected chi connectivity index (χ0v) is 15.8. The molecule has 0 unspecified atom stereocenters. The molecule has 1 aromatic carbocycles. The third-order valence-corrected chi connectivity index (χ3v) is 4.10. The molecule has 0 radical (unpaired) electrons. The van der Waals surface area contributed by atoms with E-state index in [-0.39, 0.29) is 5.56 Å². The summed E-state index contributed by atoms with van der Waals surface area (Å²) in [6.07, 6.45) is -0.507. The lowest BCUT2D eigenvalue weighted by molar-refractivity contribution is -0.163. The van der Waals surface area contributed by atoms with E-state index in [1.165, 1.54) is 6.92 Å². The molecule has 1 amide bonds. The van der Waals surface area contributed by atoms with E-state index in [0.717, 1.165) is 33.5 Å². The van der Waals surface area contributed by atoms with Crippen LogP contribution in [0, 0.1) is 23.5 Å². The minimum absolute atomic E-state index is 0.104. The van der Waals surface area contributed by atoms with Gasteiger partial charge in [-0.3, -0.25) is 14.4 Å². The second-order valence-electron chi connectivity index (χ2n) is 5.86. The van der Waals surface area contributed by atoms with E-state index >= 15 is 0 Å². The van der Waals surface area contributed by atoms with E-state index in [4.69, 9.17) is 0 Å². The van der Waals surface area contributed by atoms with Gasteiger partial charge in [0.05, 0.1) is 27.8 Å². The van der Waals surface area contributed by atoms with Crippen LogP contribution >= 0.6 is 0 Å². The first-order valence-corrected chi connectivity index (χ1v) is 8.13. The average molecular weight is 401 g/mol. The number of ether oxygens (including phenoxy) is 3. The highest BCUT2D eigenvalue weighted by atomic mass is 19.1. The molecule has 0 saturated heterocycles. The number of benzene rings is 1. The monoisotopic (exact) mass is 401 g/mol. The average Bonchev–Trinajstić information content (AvgIpc) is 2.67. The minimum Gasteiger partial charge on any atom is -0.468 e. The van der Waals surface area contributed by atoms with Crippen LogP contribution in [0.3, 0.4) is 0 Å². The molecule has 0 aliphatic heterocycles. The number of amides is 1. The summed E-state index contributed by atoms with van der Waals surface area (Å²) in [5, 5.41) is 2.31. The lowest BCUT2D eigenvalue weighted by Crippen LogP contribution is -2.51. The van der Waals surface area contributed by atoms with E-state index in [2.05, 4.69) is 19.5 Å². The number of hydrogen-bond donors (Lipinski definition) is 1. The van der Waals surface area contributed by atoms with E-state index < -0.39 is 59.7 Å². The van der Waals surface area contributed by atoms with E-state index in [9.17, 15) is 28.0 Å². The van der Waals surface area contributed by atoms with Gasteiger partial charge in [0.25, 0.3) is 0 Å². The van der Waals surface area contributed by atoms with Crippen LogP contribution in [-0.2, 0) is 39.8 Å². The van der Waals surface area contributed by atoms with Gasteiger partial charge in [-0.25, -0.2) is 13.6 Å². The standard InChI is InChI=1S/C18H21F2NO7/c1-9(14(16(23)26-2)17(24)27-3)15(18(25)28-4)21-13(22)7-10-5-6-11(19)8-12(10)20/h5-6,8-9,14-15H,7H2,1-4H3,(H,21,22)/t9-,15-/m0/s1. The Morgan fingerprint density at radius 2 is 1.50 bits per heavy atom. The highest BCUT2D eigenvalue weighted by Crippen LogP contribution is 2.21. The van der Waals surface area contributed by atoms with Gasteiger partial charge < -0.3 is 19.5 Å². The van der Waals surface area contributed by atoms with Crippen LogP contribution in [0.4, 0.5) is 8.78 Å². The van der Waals surface area contributed by atoms with Crippen LogP contribution in [0.2, 0.25) is 0 Å². The smallest absolute Gasteiger partial charge is 0.328 e. The first-order valence-electron chi connectivity index (χ1n) is 8.13. The number of halogens is 2. The van der Waals surface area contributed by atoms with Crippen molar-refractivity contribution in [3.8, 4) is 0 Å². The van der Waals surface area contributed by atoms with Gasteiger partial charge in [0.15, 0.2) is 5.92 Å². The van der Waals surface area contributed by atoms with Crippen LogP contribution in [-0.4, -0.2) is 51.2 Å². The van der Waals surface area contributed by atoms with Gasteiger partial charge in [-0.05, 0) is 11.6 Å². The van der Waals surface area contributed by atoms with Crippen molar-refractivity contribution >= 4 is 23.8 Å². The van der Waals surface area contributed by atoms with Crippen LogP contribution in [0.15, 0.2) is 18.2 Å². The van der Waals surface area contributed by atoms with E-state index in [0.29, 0.717) is 6.07 Å². The van der Waals surface area contributed by atoms with E-state index in [1.807, 2.05) is 0 Å². The number of rotatable bonds is 8. The number of carbonyl (C=O) groups is 4.